The Morgan fingerprint density at radius 2 is 2.00 bits per heavy atom. The lowest BCUT2D eigenvalue weighted by Crippen LogP contribution is -2.48. The van der Waals surface area contributed by atoms with E-state index in [0.29, 0.717) is 0 Å². The largest absolute Gasteiger partial charge is 0.350 e. The van der Waals surface area contributed by atoms with Gasteiger partial charge in [-0.2, -0.15) is 0 Å². The Hall–Kier alpha value is -0.160. The SMILES string of the molecule is C1COC([C]2CCCNN2)OC1. The average molecular weight is 171 g/mol. The van der Waals surface area contributed by atoms with Gasteiger partial charge < -0.3 is 9.47 Å². The molecule has 69 valence electrons. The molecule has 2 rings (SSSR count). The summed E-state index contributed by atoms with van der Waals surface area (Å²) >= 11 is 0. The molecule has 0 saturated carbocycles. The van der Waals surface area contributed by atoms with Crippen LogP contribution in [0, 0.1) is 6.04 Å². The van der Waals surface area contributed by atoms with Crippen LogP contribution in [0.2, 0.25) is 0 Å². The van der Waals surface area contributed by atoms with Gasteiger partial charge in [-0.3, -0.25) is 5.43 Å². The lowest BCUT2D eigenvalue weighted by atomic mass is 10.1. The molecule has 2 saturated heterocycles. The molecule has 0 spiro atoms. The smallest absolute Gasteiger partial charge is 0.178 e. The first-order valence-corrected chi connectivity index (χ1v) is 4.54. The zero-order valence-corrected chi connectivity index (χ0v) is 7.14. The fraction of sp³-hybridized carbons (Fsp3) is 0.875. The van der Waals surface area contributed by atoms with Gasteiger partial charge in [0.2, 0.25) is 0 Å². The Kier molecular flexibility index (Phi) is 2.94. The fourth-order valence-electron chi connectivity index (χ4n) is 1.47. The second-order valence-electron chi connectivity index (χ2n) is 3.11. The van der Waals surface area contributed by atoms with Gasteiger partial charge in [0.15, 0.2) is 6.29 Å². The van der Waals surface area contributed by atoms with Gasteiger partial charge in [0, 0.05) is 6.54 Å². The highest BCUT2D eigenvalue weighted by Gasteiger charge is 2.27. The topological polar surface area (TPSA) is 42.5 Å². The van der Waals surface area contributed by atoms with Crippen LogP contribution >= 0.6 is 0 Å². The average Bonchev–Trinajstić information content (AvgIpc) is 2.21. The first kappa shape index (κ1) is 8.44. The van der Waals surface area contributed by atoms with Crippen molar-refractivity contribution in [2.24, 2.45) is 0 Å². The molecule has 0 aliphatic carbocycles. The van der Waals surface area contributed by atoms with E-state index in [4.69, 9.17) is 9.47 Å². The van der Waals surface area contributed by atoms with Crippen molar-refractivity contribution in [2.45, 2.75) is 25.6 Å². The summed E-state index contributed by atoms with van der Waals surface area (Å²) < 4.78 is 10.9. The Morgan fingerprint density at radius 3 is 2.67 bits per heavy atom. The number of nitrogens with one attached hydrogen (secondary N) is 2. The summed E-state index contributed by atoms with van der Waals surface area (Å²) in [5, 5.41) is 0. The lowest BCUT2D eigenvalue weighted by molar-refractivity contribution is -0.175. The van der Waals surface area contributed by atoms with E-state index in [0.717, 1.165) is 45.1 Å². The quantitative estimate of drug-likeness (QED) is 0.590. The minimum absolute atomic E-state index is 0.119. The molecule has 0 aromatic rings. The molecule has 2 N–H and O–H groups in total. The molecule has 0 atom stereocenters. The van der Waals surface area contributed by atoms with Gasteiger partial charge in [0.1, 0.15) is 6.04 Å². The number of hydrogen-bond donors (Lipinski definition) is 2. The molecular formula is C8H15N2O2. The molecule has 0 unspecified atom stereocenters. The number of hydrogen-bond acceptors (Lipinski definition) is 4. The molecule has 1 radical (unpaired) electrons. The van der Waals surface area contributed by atoms with Gasteiger partial charge in [-0.05, 0) is 19.3 Å². The van der Waals surface area contributed by atoms with Crippen LogP contribution in [-0.4, -0.2) is 26.0 Å². The zero-order chi connectivity index (χ0) is 8.23. The molecular weight excluding hydrogens is 156 g/mol. The van der Waals surface area contributed by atoms with Crippen LogP contribution in [0.4, 0.5) is 0 Å². The van der Waals surface area contributed by atoms with Gasteiger partial charge in [0.25, 0.3) is 0 Å². The minimum atomic E-state index is -0.119. The summed E-state index contributed by atoms with van der Waals surface area (Å²) in [6.07, 6.45) is 3.10. The second kappa shape index (κ2) is 4.18. The third-order valence-electron chi connectivity index (χ3n) is 2.11. The molecule has 2 aliphatic rings. The number of hydrazine groups is 1. The van der Waals surface area contributed by atoms with Gasteiger partial charge in [0.05, 0.1) is 13.2 Å². The molecule has 0 bridgehead atoms. The van der Waals surface area contributed by atoms with Crippen LogP contribution in [0.5, 0.6) is 0 Å². The van der Waals surface area contributed by atoms with E-state index in [2.05, 4.69) is 10.9 Å². The van der Waals surface area contributed by atoms with Crippen LogP contribution in [0.15, 0.2) is 0 Å². The standard InChI is InChI=1S/C8H15N2O2/c1-3-7(10-9-4-1)8-11-5-2-6-12-8/h8-10H,1-6H2. The molecule has 2 aliphatic heterocycles. The molecule has 0 amide bonds. The summed E-state index contributed by atoms with van der Waals surface area (Å²) in [5.74, 6) is 0. The molecule has 0 aromatic carbocycles. The monoisotopic (exact) mass is 171 g/mol. The third kappa shape index (κ3) is 1.95. The normalized spacial score (nSPS) is 29.0. The van der Waals surface area contributed by atoms with Crippen LogP contribution in [-0.2, 0) is 9.47 Å². The van der Waals surface area contributed by atoms with Crippen molar-refractivity contribution in [3.8, 4) is 0 Å². The van der Waals surface area contributed by atoms with Crippen molar-refractivity contribution in [1.29, 1.82) is 0 Å². The van der Waals surface area contributed by atoms with E-state index >= 15 is 0 Å². The Balaban J connectivity index is 1.80. The summed E-state index contributed by atoms with van der Waals surface area (Å²) in [5.41, 5.74) is 6.19. The predicted molar refractivity (Wildman–Crippen MR) is 43.9 cm³/mol. The van der Waals surface area contributed by atoms with Crippen molar-refractivity contribution in [3.63, 3.8) is 0 Å². The second-order valence-corrected chi connectivity index (χ2v) is 3.11. The third-order valence-corrected chi connectivity index (χ3v) is 2.11. The first-order valence-electron chi connectivity index (χ1n) is 4.54. The molecule has 4 nitrogen and oxygen atoms in total. The molecule has 2 heterocycles. The van der Waals surface area contributed by atoms with Gasteiger partial charge in [-0.1, -0.05) is 0 Å². The van der Waals surface area contributed by atoms with Crippen molar-refractivity contribution < 1.29 is 9.47 Å². The van der Waals surface area contributed by atoms with Crippen molar-refractivity contribution in [1.82, 2.24) is 10.9 Å². The van der Waals surface area contributed by atoms with Crippen molar-refractivity contribution in [2.75, 3.05) is 19.8 Å². The van der Waals surface area contributed by atoms with Gasteiger partial charge in [-0.15, -0.1) is 0 Å². The summed E-state index contributed by atoms with van der Waals surface area (Å²) in [7, 11) is 0. The van der Waals surface area contributed by atoms with E-state index in [1.54, 1.807) is 0 Å². The summed E-state index contributed by atoms with van der Waals surface area (Å²) in [4.78, 5) is 0. The lowest BCUT2D eigenvalue weighted by Gasteiger charge is -2.32. The van der Waals surface area contributed by atoms with Crippen LogP contribution in [0.3, 0.4) is 0 Å². The first-order chi connectivity index (χ1) is 5.97. The van der Waals surface area contributed by atoms with Gasteiger partial charge >= 0.3 is 0 Å². The summed E-state index contributed by atoms with van der Waals surface area (Å²) in [6, 6.07) is 1.14. The number of ether oxygens (including phenoxy) is 2. The highest BCUT2D eigenvalue weighted by Crippen LogP contribution is 2.19. The molecule has 2 fully saturated rings. The maximum Gasteiger partial charge on any atom is 0.178 e. The highest BCUT2D eigenvalue weighted by atomic mass is 16.7. The highest BCUT2D eigenvalue weighted by molar-refractivity contribution is 4.92. The molecule has 4 heteroatoms. The maximum absolute atomic E-state index is 5.46. The number of rotatable bonds is 1. The Labute approximate surface area is 72.6 Å². The van der Waals surface area contributed by atoms with E-state index < -0.39 is 0 Å². The maximum atomic E-state index is 5.46. The van der Waals surface area contributed by atoms with Crippen molar-refractivity contribution >= 4 is 0 Å². The Morgan fingerprint density at radius 1 is 1.17 bits per heavy atom. The van der Waals surface area contributed by atoms with Crippen LogP contribution < -0.4 is 10.9 Å². The van der Waals surface area contributed by atoms with E-state index in [1.165, 1.54) is 0 Å². The van der Waals surface area contributed by atoms with E-state index in [1.807, 2.05) is 0 Å². The van der Waals surface area contributed by atoms with Gasteiger partial charge in [-0.25, -0.2) is 5.43 Å². The van der Waals surface area contributed by atoms with E-state index in [9.17, 15) is 0 Å². The van der Waals surface area contributed by atoms with E-state index in [-0.39, 0.29) is 6.29 Å². The minimum Gasteiger partial charge on any atom is -0.350 e. The molecule has 12 heavy (non-hydrogen) atoms. The van der Waals surface area contributed by atoms with Crippen LogP contribution in [0.1, 0.15) is 19.3 Å². The predicted octanol–water partition coefficient (Wildman–Crippen LogP) is 0.169. The fourth-order valence-corrected chi connectivity index (χ4v) is 1.47. The molecule has 0 aromatic heterocycles. The zero-order valence-electron chi connectivity index (χ0n) is 7.14. The summed E-state index contributed by atoms with van der Waals surface area (Å²) in [6.45, 7) is 2.65. The van der Waals surface area contributed by atoms with Crippen LogP contribution in [0.25, 0.3) is 0 Å². The Bertz CT molecular complexity index is 115. The van der Waals surface area contributed by atoms with Crippen molar-refractivity contribution in [3.05, 3.63) is 6.04 Å².